The molecule has 3 aromatic rings. The number of nitriles is 1. The number of thioether (sulfide) groups is 1. The molecule has 0 bridgehead atoms. The molecule has 9 heteroatoms. The summed E-state index contributed by atoms with van der Waals surface area (Å²) in [4.78, 5) is 20.1. The van der Waals surface area contributed by atoms with E-state index in [1.54, 1.807) is 11.0 Å². The number of carbonyl (C=O) groups excluding carboxylic acids is 1. The molecule has 39 heavy (non-hydrogen) atoms. The number of likely N-dealkylation sites (N-methyl/N-ethyl adjacent to an activating group) is 1. The summed E-state index contributed by atoms with van der Waals surface area (Å²) in [7, 11) is 1.82. The van der Waals surface area contributed by atoms with Gasteiger partial charge >= 0.3 is 0 Å². The van der Waals surface area contributed by atoms with Crippen LogP contribution in [0.1, 0.15) is 33.8 Å². The van der Waals surface area contributed by atoms with Crippen molar-refractivity contribution >= 4 is 51.6 Å². The van der Waals surface area contributed by atoms with E-state index in [-0.39, 0.29) is 18.1 Å². The van der Waals surface area contributed by atoms with E-state index < -0.39 is 0 Å². The zero-order chi connectivity index (χ0) is 27.5. The molecule has 1 N–H and O–H groups in total. The van der Waals surface area contributed by atoms with Crippen molar-refractivity contribution in [2.24, 2.45) is 0 Å². The highest BCUT2D eigenvalue weighted by Gasteiger charge is 2.36. The highest BCUT2D eigenvalue weighted by atomic mass is 35.5. The molecule has 204 valence electrons. The number of hydrogen-bond acceptors (Lipinski definition) is 6. The molecule has 2 fully saturated rings. The fourth-order valence-electron chi connectivity index (χ4n) is 5.60. The lowest BCUT2D eigenvalue weighted by atomic mass is 9.93. The second-order valence-corrected chi connectivity index (χ2v) is 12.4. The Morgan fingerprint density at radius 2 is 1.97 bits per heavy atom. The first kappa shape index (κ1) is 28.2. The molecule has 5 rings (SSSR count). The summed E-state index contributed by atoms with van der Waals surface area (Å²) >= 11 is 14.4. The Balaban J connectivity index is 1.30. The monoisotopic (exact) mass is 582 g/mol. The second kappa shape index (κ2) is 12.5. The summed E-state index contributed by atoms with van der Waals surface area (Å²) in [6.07, 6.45) is 0.495. The molecule has 0 saturated carbocycles. The van der Waals surface area contributed by atoms with Gasteiger partial charge in [-0.2, -0.15) is 17.0 Å². The lowest BCUT2D eigenvalue weighted by Crippen LogP contribution is -2.63. The maximum absolute atomic E-state index is 13.7. The molecule has 2 aliphatic rings. The third-order valence-electron chi connectivity index (χ3n) is 7.82. The van der Waals surface area contributed by atoms with Crippen molar-refractivity contribution in [3.63, 3.8) is 0 Å². The number of carbonyl (C=O) groups is 1. The minimum Gasteiger partial charge on any atom is -0.377 e. The van der Waals surface area contributed by atoms with Crippen molar-refractivity contribution in [2.45, 2.75) is 24.6 Å². The molecular weight excluding hydrogens is 551 g/mol. The summed E-state index contributed by atoms with van der Waals surface area (Å²) in [6, 6.07) is 19.4. The molecule has 0 aromatic heterocycles. The average Bonchev–Trinajstić information content (AvgIpc) is 2.92. The predicted octanol–water partition coefficient (Wildman–Crippen LogP) is 5.32. The number of amides is 1. The molecule has 2 heterocycles. The van der Waals surface area contributed by atoms with Gasteiger partial charge in [-0.3, -0.25) is 9.69 Å². The number of nitrogens with zero attached hydrogens (tertiary/aromatic N) is 4. The number of fused-ring (bicyclic) bond motifs is 1. The Kier molecular flexibility index (Phi) is 9.02. The van der Waals surface area contributed by atoms with Gasteiger partial charge in [0, 0.05) is 62.3 Å². The van der Waals surface area contributed by atoms with Crippen LogP contribution in [0, 0.1) is 11.3 Å². The summed E-state index contributed by atoms with van der Waals surface area (Å²) in [5, 5.41) is 22.6. The van der Waals surface area contributed by atoms with Crippen LogP contribution in [-0.2, 0) is 0 Å². The molecule has 3 aromatic carbocycles. The van der Waals surface area contributed by atoms with E-state index in [4.69, 9.17) is 23.2 Å². The van der Waals surface area contributed by atoms with Gasteiger partial charge in [0.25, 0.3) is 5.91 Å². The minimum atomic E-state index is -0.352. The first-order valence-electron chi connectivity index (χ1n) is 13.2. The number of aliphatic hydroxyl groups is 1. The van der Waals surface area contributed by atoms with Gasteiger partial charge in [0.05, 0.1) is 21.7 Å². The molecule has 2 atom stereocenters. The summed E-state index contributed by atoms with van der Waals surface area (Å²) in [6.45, 7) is 4.20. The van der Waals surface area contributed by atoms with Crippen molar-refractivity contribution in [3.05, 3.63) is 81.3 Å². The summed E-state index contributed by atoms with van der Waals surface area (Å²) in [5.74, 6) is 1.78. The zero-order valence-electron chi connectivity index (χ0n) is 21.9. The number of likely N-dealkylation sites (tertiary alicyclic amines) is 1. The van der Waals surface area contributed by atoms with Crippen molar-refractivity contribution in [3.8, 4) is 6.07 Å². The van der Waals surface area contributed by atoms with Gasteiger partial charge in [0.2, 0.25) is 0 Å². The highest BCUT2D eigenvalue weighted by Crippen LogP contribution is 2.31. The van der Waals surface area contributed by atoms with Crippen molar-refractivity contribution in [1.82, 2.24) is 14.7 Å². The Morgan fingerprint density at radius 3 is 2.72 bits per heavy atom. The molecule has 0 aliphatic carbocycles. The quantitative estimate of drug-likeness (QED) is 0.388. The van der Waals surface area contributed by atoms with E-state index in [9.17, 15) is 15.2 Å². The fourth-order valence-corrected chi connectivity index (χ4v) is 6.82. The van der Waals surface area contributed by atoms with Crippen LogP contribution in [0.3, 0.4) is 0 Å². The van der Waals surface area contributed by atoms with E-state index in [0.717, 1.165) is 60.4 Å². The number of aliphatic hydroxyl groups excluding tert-OH is 1. The van der Waals surface area contributed by atoms with Crippen LogP contribution in [0.15, 0.2) is 54.6 Å². The number of benzene rings is 3. The molecule has 2 aliphatic heterocycles. The Hall–Kier alpha value is -2.31. The lowest BCUT2D eigenvalue weighted by Gasteiger charge is -2.48. The predicted molar refractivity (Wildman–Crippen MR) is 160 cm³/mol. The molecule has 0 spiro atoms. The maximum Gasteiger partial charge on any atom is 0.254 e. The third-order valence-corrected chi connectivity index (χ3v) is 9.57. The molecule has 6 nitrogen and oxygen atoms in total. The molecule has 2 saturated heterocycles. The van der Waals surface area contributed by atoms with E-state index in [2.05, 4.69) is 15.9 Å². The van der Waals surface area contributed by atoms with Gasteiger partial charge in [-0.25, -0.2) is 0 Å². The van der Waals surface area contributed by atoms with Gasteiger partial charge < -0.3 is 14.9 Å². The van der Waals surface area contributed by atoms with Gasteiger partial charge in [-0.15, -0.1) is 0 Å². The number of rotatable bonds is 8. The SMILES string of the molecule is CN(C[C@@H](CCN1CC(N2CCSCC2O)C1)c1ccc(Cl)c(Cl)c1)C(=O)c1cc(C#N)cc2ccccc12. The van der Waals surface area contributed by atoms with Gasteiger partial charge in [-0.05, 0) is 53.6 Å². The molecular formula is C30H32Cl2N4O2S. The highest BCUT2D eigenvalue weighted by molar-refractivity contribution is 7.99. The standard InChI is InChI=1S/C30H32Cl2N4O2S/c1-34(30(38)26-13-20(15-33)12-22-4-2-3-5-25(22)26)16-23(21-6-7-27(31)28(32)14-21)8-9-35-17-24(18-35)36-10-11-39-19-29(36)37/h2-7,12-14,23-24,29,37H,8-11,16-19H2,1H3/t23-,29?/m1/s1. The Bertz CT molecular complexity index is 1390. The molecule has 1 amide bonds. The van der Waals surface area contributed by atoms with Crippen molar-refractivity contribution in [1.29, 1.82) is 5.26 Å². The van der Waals surface area contributed by atoms with Gasteiger partial charge in [0.15, 0.2) is 0 Å². The van der Waals surface area contributed by atoms with E-state index in [0.29, 0.717) is 33.8 Å². The zero-order valence-corrected chi connectivity index (χ0v) is 24.2. The Labute approximate surface area is 244 Å². The van der Waals surface area contributed by atoms with Crippen LogP contribution in [0.25, 0.3) is 10.8 Å². The van der Waals surface area contributed by atoms with Crippen LogP contribution in [0.2, 0.25) is 10.0 Å². The maximum atomic E-state index is 13.7. The Morgan fingerprint density at radius 1 is 1.18 bits per heavy atom. The molecule has 0 radical (unpaired) electrons. The average molecular weight is 584 g/mol. The van der Waals surface area contributed by atoms with Crippen LogP contribution < -0.4 is 0 Å². The molecule has 1 unspecified atom stereocenters. The van der Waals surface area contributed by atoms with Crippen LogP contribution in [0.5, 0.6) is 0 Å². The van der Waals surface area contributed by atoms with Crippen LogP contribution in [0.4, 0.5) is 0 Å². The topological polar surface area (TPSA) is 70.8 Å². The second-order valence-electron chi connectivity index (χ2n) is 10.4. The lowest BCUT2D eigenvalue weighted by molar-refractivity contribution is -0.0608. The first-order valence-corrected chi connectivity index (χ1v) is 15.1. The third kappa shape index (κ3) is 6.38. The van der Waals surface area contributed by atoms with E-state index in [1.165, 1.54) is 0 Å². The van der Waals surface area contributed by atoms with Gasteiger partial charge in [0.1, 0.15) is 6.23 Å². The number of hydrogen-bond donors (Lipinski definition) is 1. The van der Waals surface area contributed by atoms with Crippen LogP contribution >= 0.6 is 35.0 Å². The normalized spacial score (nSPS) is 19.4. The number of halogens is 2. The van der Waals surface area contributed by atoms with Crippen molar-refractivity contribution < 1.29 is 9.90 Å². The minimum absolute atomic E-state index is 0.0511. The smallest absolute Gasteiger partial charge is 0.254 e. The summed E-state index contributed by atoms with van der Waals surface area (Å²) in [5.41, 5.74) is 2.04. The van der Waals surface area contributed by atoms with E-state index in [1.807, 2.05) is 67.3 Å². The van der Waals surface area contributed by atoms with Crippen LogP contribution in [-0.4, -0.2) is 89.3 Å². The summed E-state index contributed by atoms with van der Waals surface area (Å²) < 4.78 is 0. The fraction of sp³-hybridized carbons (Fsp3) is 0.400. The first-order chi connectivity index (χ1) is 18.8. The van der Waals surface area contributed by atoms with E-state index >= 15 is 0 Å². The van der Waals surface area contributed by atoms with Crippen molar-refractivity contribution in [2.75, 3.05) is 51.3 Å². The largest absolute Gasteiger partial charge is 0.377 e. The van der Waals surface area contributed by atoms with Gasteiger partial charge in [-0.1, -0.05) is 53.5 Å².